The average molecular weight is 639 g/mol. The average Bonchev–Trinajstić information content (AvgIpc) is 3.69. The van der Waals surface area contributed by atoms with Crippen molar-refractivity contribution in [1.29, 1.82) is 0 Å². The van der Waals surface area contributed by atoms with Gasteiger partial charge in [-0.05, 0) is 65.8 Å². The van der Waals surface area contributed by atoms with E-state index in [1.807, 2.05) is 30.3 Å². The molecule has 0 saturated carbocycles. The van der Waals surface area contributed by atoms with Crippen LogP contribution >= 0.6 is 0 Å². The van der Waals surface area contributed by atoms with Gasteiger partial charge in [0.15, 0.2) is 23.0 Å². The van der Waals surface area contributed by atoms with Gasteiger partial charge < -0.3 is 21.1 Å². The third-order valence-corrected chi connectivity index (χ3v) is 8.09. The number of fused-ring (bicyclic) bond motifs is 2. The first kappa shape index (κ1) is 31.0. The molecular weight excluding hydrogens is 610 g/mol. The van der Waals surface area contributed by atoms with Crippen LogP contribution < -0.4 is 16.0 Å². The number of hydrogen-bond acceptors (Lipinski definition) is 6. The number of carboxylic acids is 1. The summed E-state index contributed by atoms with van der Waals surface area (Å²) in [5.41, 5.74) is 3.40. The Kier molecular flexibility index (Phi) is 8.44. The second-order valence-corrected chi connectivity index (χ2v) is 11.1. The van der Waals surface area contributed by atoms with Crippen LogP contribution in [0.2, 0.25) is 0 Å². The Morgan fingerprint density at radius 2 is 1.57 bits per heavy atom. The zero-order valence-corrected chi connectivity index (χ0v) is 25.0. The van der Waals surface area contributed by atoms with Crippen molar-refractivity contribution in [2.45, 2.75) is 38.9 Å². The van der Waals surface area contributed by atoms with E-state index in [4.69, 9.17) is 0 Å². The third-order valence-electron chi connectivity index (χ3n) is 8.09. The van der Waals surface area contributed by atoms with Crippen molar-refractivity contribution in [2.24, 2.45) is 0 Å². The van der Waals surface area contributed by atoms with Crippen molar-refractivity contribution >= 4 is 29.3 Å². The second kappa shape index (κ2) is 12.8. The highest BCUT2D eigenvalue weighted by Crippen LogP contribution is 2.35. The van der Waals surface area contributed by atoms with Crippen LogP contribution in [0.15, 0.2) is 72.8 Å². The zero-order valence-electron chi connectivity index (χ0n) is 25.0. The molecule has 3 aromatic carbocycles. The molecule has 0 bridgehead atoms. The number of aromatic carboxylic acids is 1. The summed E-state index contributed by atoms with van der Waals surface area (Å²) in [6.07, 6.45) is 1.08. The normalized spacial score (nSPS) is 13.6. The number of benzene rings is 3. The van der Waals surface area contributed by atoms with E-state index in [1.165, 1.54) is 28.8 Å². The summed E-state index contributed by atoms with van der Waals surface area (Å²) in [5.74, 6) is -4.95. The van der Waals surface area contributed by atoms with Crippen LogP contribution in [0, 0.1) is 18.6 Å². The molecule has 0 unspecified atom stereocenters. The predicted octanol–water partition coefficient (Wildman–Crippen LogP) is 4.29. The van der Waals surface area contributed by atoms with E-state index in [0.29, 0.717) is 24.0 Å². The van der Waals surface area contributed by atoms with Gasteiger partial charge in [0.25, 0.3) is 17.7 Å². The molecule has 1 aliphatic carbocycles. The highest BCUT2D eigenvalue weighted by Gasteiger charge is 2.29. The Hall–Kier alpha value is -5.98. The van der Waals surface area contributed by atoms with Gasteiger partial charge in [-0.3, -0.25) is 14.4 Å². The monoisotopic (exact) mass is 638 g/mol. The van der Waals surface area contributed by atoms with E-state index in [-0.39, 0.29) is 41.4 Å². The summed E-state index contributed by atoms with van der Waals surface area (Å²) in [5, 5.41) is 22.2. The predicted molar refractivity (Wildman–Crippen MR) is 165 cm³/mol. The molecule has 3 amide bonds. The van der Waals surface area contributed by atoms with Crippen LogP contribution in [0.3, 0.4) is 0 Å². The summed E-state index contributed by atoms with van der Waals surface area (Å²) in [6.45, 7) is 1.82. The number of carbonyl (C=O) groups excluding carboxylic acids is 3. The van der Waals surface area contributed by atoms with E-state index < -0.39 is 41.4 Å². The molecule has 0 fully saturated rings. The zero-order chi connectivity index (χ0) is 33.2. The van der Waals surface area contributed by atoms with Gasteiger partial charge in [0.05, 0.1) is 11.6 Å². The fraction of sp³-hybridized carbons (Fsp3) is 0.176. The molecular formula is C34H28F2N6O5. The van der Waals surface area contributed by atoms with Gasteiger partial charge >= 0.3 is 5.97 Å². The summed E-state index contributed by atoms with van der Waals surface area (Å²) < 4.78 is 28.2. The molecule has 0 spiro atoms. The number of nitrogens with zero attached hydrogens (tertiary/aromatic N) is 3. The molecule has 13 heteroatoms. The van der Waals surface area contributed by atoms with Gasteiger partial charge in [-0.1, -0.05) is 42.5 Å². The molecule has 0 aliphatic heterocycles. The van der Waals surface area contributed by atoms with Crippen LogP contribution in [0.1, 0.15) is 82.1 Å². The fourth-order valence-electron chi connectivity index (χ4n) is 5.65. The summed E-state index contributed by atoms with van der Waals surface area (Å²) in [7, 11) is 0. The number of aromatic nitrogens is 3. The van der Waals surface area contributed by atoms with E-state index in [9.17, 15) is 33.1 Å². The lowest BCUT2D eigenvalue weighted by atomic mass is 9.98. The first-order valence-corrected chi connectivity index (χ1v) is 14.7. The maximum absolute atomic E-state index is 13.8. The van der Waals surface area contributed by atoms with Crippen molar-refractivity contribution in [2.75, 3.05) is 0 Å². The lowest BCUT2D eigenvalue weighted by molar-refractivity contribution is 0.0695. The standard InChI is InChI=1S/C34H28F2N6O5/c1-18-21-10-12-26(23(21)9-8-22(18)34(46)47)40-33(45)29-14-27(31(43)38-17-20-7-11-24(35)25(36)13-20)39-30-15-28(41-42(29)30)32(44)37-16-19-5-3-2-4-6-19/h2-9,11,13-15,26H,10,12,16-17H2,1H3,(H,37,44)(H,38,43)(H,40,45)(H,46,47)/t26-/m0/s1. The van der Waals surface area contributed by atoms with Crippen LogP contribution in [0.4, 0.5) is 8.78 Å². The topological polar surface area (TPSA) is 155 Å². The Morgan fingerprint density at radius 3 is 2.30 bits per heavy atom. The first-order chi connectivity index (χ1) is 22.6. The molecule has 6 rings (SSSR count). The van der Waals surface area contributed by atoms with Crippen molar-refractivity contribution in [3.8, 4) is 0 Å². The fourth-order valence-corrected chi connectivity index (χ4v) is 5.65. The minimum absolute atomic E-state index is 0.0372. The lowest BCUT2D eigenvalue weighted by Crippen LogP contribution is -2.31. The van der Waals surface area contributed by atoms with Crippen molar-refractivity contribution in [3.63, 3.8) is 0 Å². The Morgan fingerprint density at radius 1 is 0.851 bits per heavy atom. The molecule has 0 saturated heterocycles. The second-order valence-electron chi connectivity index (χ2n) is 11.1. The number of rotatable bonds is 9. The third kappa shape index (κ3) is 6.41. The van der Waals surface area contributed by atoms with E-state index in [2.05, 4.69) is 26.0 Å². The molecule has 1 aliphatic rings. The SMILES string of the molecule is Cc1c(C(=O)O)ccc2c1CC[C@@H]2NC(=O)c1cc(C(=O)NCc2ccc(F)c(F)c2)nc2cc(C(=O)NCc3ccccc3)nn12. The van der Waals surface area contributed by atoms with Gasteiger partial charge in [0.1, 0.15) is 11.4 Å². The van der Waals surface area contributed by atoms with E-state index >= 15 is 0 Å². The lowest BCUT2D eigenvalue weighted by Gasteiger charge is -2.16. The highest BCUT2D eigenvalue weighted by molar-refractivity contribution is 5.99. The van der Waals surface area contributed by atoms with Gasteiger partial charge in [0.2, 0.25) is 0 Å². The minimum atomic E-state index is -1.06. The smallest absolute Gasteiger partial charge is 0.335 e. The molecule has 1 atom stereocenters. The van der Waals surface area contributed by atoms with Crippen LogP contribution in [-0.4, -0.2) is 43.4 Å². The maximum Gasteiger partial charge on any atom is 0.335 e. The van der Waals surface area contributed by atoms with Crippen LogP contribution in [-0.2, 0) is 19.5 Å². The quantitative estimate of drug-likeness (QED) is 0.188. The van der Waals surface area contributed by atoms with Crippen molar-refractivity contribution in [3.05, 3.63) is 135 Å². The Labute approximate surface area is 266 Å². The summed E-state index contributed by atoms with van der Waals surface area (Å²) in [4.78, 5) is 56.0. The molecule has 47 heavy (non-hydrogen) atoms. The van der Waals surface area contributed by atoms with Crippen molar-refractivity contribution in [1.82, 2.24) is 30.5 Å². The van der Waals surface area contributed by atoms with Crippen LogP contribution in [0.5, 0.6) is 0 Å². The molecule has 2 aromatic heterocycles. The molecule has 5 aromatic rings. The minimum Gasteiger partial charge on any atom is -0.478 e. The van der Waals surface area contributed by atoms with Gasteiger partial charge in [-0.15, -0.1) is 0 Å². The Balaban J connectivity index is 1.30. The molecule has 2 heterocycles. The molecule has 0 radical (unpaired) electrons. The van der Waals surface area contributed by atoms with Gasteiger partial charge in [-0.25, -0.2) is 23.1 Å². The van der Waals surface area contributed by atoms with Gasteiger partial charge in [-0.2, -0.15) is 5.10 Å². The van der Waals surface area contributed by atoms with Gasteiger partial charge in [0, 0.05) is 25.2 Å². The molecule has 238 valence electrons. The first-order valence-electron chi connectivity index (χ1n) is 14.7. The molecule has 11 nitrogen and oxygen atoms in total. The number of halogens is 2. The number of carboxylic acid groups (broad SMARTS) is 1. The summed E-state index contributed by atoms with van der Waals surface area (Å²) in [6, 6.07) is 17.8. The number of nitrogens with one attached hydrogen (secondary N) is 3. The number of carbonyl (C=O) groups is 4. The van der Waals surface area contributed by atoms with E-state index in [0.717, 1.165) is 28.8 Å². The maximum atomic E-state index is 13.8. The van der Waals surface area contributed by atoms with E-state index in [1.54, 1.807) is 13.0 Å². The largest absolute Gasteiger partial charge is 0.478 e. The highest BCUT2D eigenvalue weighted by atomic mass is 19.2. The summed E-state index contributed by atoms with van der Waals surface area (Å²) >= 11 is 0. The number of amides is 3. The van der Waals surface area contributed by atoms with Crippen LogP contribution in [0.25, 0.3) is 5.65 Å². The molecule has 4 N–H and O–H groups in total. The Bertz CT molecular complexity index is 2060. The number of hydrogen-bond donors (Lipinski definition) is 4. The van der Waals surface area contributed by atoms with Crippen molar-refractivity contribution < 1.29 is 33.1 Å².